The Bertz CT molecular complexity index is 364. The smallest absolute Gasteiger partial charge is 0.0805 e. The van der Waals surface area contributed by atoms with Gasteiger partial charge in [-0.2, -0.15) is 0 Å². The Kier molecular flexibility index (Phi) is 4.19. The van der Waals surface area contributed by atoms with E-state index in [2.05, 4.69) is 31.3 Å². The Morgan fingerprint density at radius 1 is 1.47 bits per heavy atom. The molecule has 1 aromatic rings. The molecular weight excluding hydrogens is 210 g/mol. The second-order valence-corrected chi connectivity index (χ2v) is 5.45. The lowest BCUT2D eigenvalue weighted by Gasteiger charge is -2.29. The number of rotatable bonds is 3. The summed E-state index contributed by atoms with van der Waals surface area (Å²) in [7, 11) is 0. The minimum absolute atomic E-state index is 0.335. The van der Waals surface area contributed by atoms with Crippen LogP contribution < -0.4 is 5.32 Å². The molecule has 1 heterocycles. The topological polar surface area (TPSA) is 32.3 Å². The van der Waals surface area contributed by atoms with Crippen molar-refractivity contribution in [3.05, 3.63) is 35.4 Å². The van der Waals surface area contributed by atoms with Crippen LogP contribution in [0.5, 0.6) is 0 Å². The molecule has 0 radical (unpaired) electrons. The van der Waals surface area contributed by atoms with E-state index in [-0.39, 0.29) is 6.10 Å². The van der Waals surface area contributed by atoms with Gasteiger partial charge in [-0.1, -0.05) is 36.8 Å². The van der Waals surface area contributed by atoms with Gasteiger partial charge in [-0.3, -0.25) is 0 Å². The minimum atomic E-state index is -0.335. The van der Waals surface area contributed by atoms with Crippen molar-refractivity contribution in [3.8, 4) is 0 Å². The first kappa shape index (κ1) is 12.6. The lowest BCUT2D eigenvalue weighted by atomic mass is 9.89. The number of hydrogen-bond acceptors (Lipinski definition) is 2. The Labute approximate surface area is 104 Å². The lowest BCUT2D eigenvalue weighted by molar-refractivity contribution is 0.138. The number of benzene rings is 1. The fourth-order valence-corrected chi connectivity index (χ4v) is 2.68. The lowest BCUT2D eigenvalue weighted by Crippen LogP contribution is -2.38. The highest BCUT2D eigenvalue weighted by atomic mass is 16.3. The van der Waals surface area contributed by atoms with Gasteiger partial charge in [0.25, 0.3) is 0 Å². The van der Waals surface area contributed by atoms with E-state index >= 15 is 0 Å². The average molecular weight is 233 g/mol. The summed E-state index contributed by atoms with van der Waals surface area (Å²) in [5.74, 6) is 0.783. The summed E-state index contributed by atoms with van der Waals surface area (Å²) in [6.07, 6.45) is 2.94. The highest BCUT2D eigenvalue weighted by Gasteiger charge is 2.21. The SMILES string of the molecule is Cc1cccc(C(O)CC2CC(C)CCN2)c1. The summed E-state index contributed by atoms with van der Waals surface area (Å²) in [5, 5.41) is 13.7. The quantitative estimate of drug-likeness (QED) is 0.841. The molecule has 17 heavy (non-hydrogen) atoms. The van der Waals surface area contributed by atoms with E-state index in [4.69, 9.17) is 0 Å². The van der Waals surface area contributed by atoms with E-state index in [1.165, 1.54) is 18.4 Å². The number of piperidine rings is 1. The number of hydrogen-bond donors (Lipinski definition) is 2. The van der Waals surface area contributed by atoms with Crippen molar-refractivity contribution in [1.29, 1.82) is 0 Å². The third-order valence-corrected chi connectivity index (χ3v) is 3.69. The van der Waals surface area contributed by atoms with Gasteiger partial charge in [-0.15, -0.1) is 0 Å². The molecule has 0 spiro atoms. The molecule has 2 heteroatoms. The fourth-order valence-electron chi connectivity index (χ4n) is 2.68. The van der Waals surface area contributed by atoms with E-state index in [9.17, 15) is 5.11 Å². The summed E-state index contributed by atoms with van der Waals surface area (Å²) >= 11 is 0. The fraction of sp³-hybridized carbons (Fsp3) is 0.600. The Morgan fingerprint density at radius 2 is 2.29 bits per heavy atom. The maximum absolute atomic E-state index is 10.2. The second-order valence-electron chi connectivity index (χ2n) is 5.45. The van der Waals surface area contributed by atoms with Gasteiger partial charge in [0, 0.05) is 6.04 Å². The van der Waals surface area contributed by atoms with E-state index in [1.807, 2.05) is 12.1 Å². The highest BCUT2D eigenvalue weighted by Crippen LogP contribution is 2.24. The van der Waals surface area contributed by atoms with Crippen molar-refractivity contribution in [2.24, 2.45) is 5.92 Å². The maximum atomic E-state index is 10.2. The molecule has 1 fully saturated rings. The van der Waals surface area contributed by atoms with E-state index in [1.54, 1.807) is 0 Å². The Hall–Kier alpha value is -0.860. The molecule has 3 atom stereocenters. The predicted octanol–water partition coefficient (Wildman–Crippen LogP) is 2.81. The molecule has 1 aromatic carbocycles. The molecule has 1 saturated heterocycles. The van der Waals surface area contributed by atoms with Crippen LogP contribution >= 0.6 is 0 Å². The molecule has 0 aliphatic carbocycles. The maximum Gasteiger partial charge on any atom is 0.0805 e. The van der Waals surface area contributed by atoms with Crippen LogP contribution in [0.2, 0.25) is 0 Å². The molecule has 0 saturated carbocycles. The van der Waals surface area contributed by atoms with Gasteiger partial charge in [0.2, 0.25) is 0 Å². The molecular formula is C15H23NO. The largest absolute Gasteiger partial charge is 0.388 e. The standard InChI is InChI=1S/C15H23NO/c1-11-4-3-5-13(8-11)15(17)10-14-9-12(2)6-7-16-14/h3-5,8,12,14-17H,6-7,9-10H2,1-2H3. The van der Waals surface area contributed by atoms with Crippen LogP contribution in [0.25, 0.3) is 0 Å². The summed E-state index contributed by atoms with van der Waals surface area (Å²) in [6.45, 7) is 5.45. The third-order valence-electron chi connectivity index (χ3n) is 3.69. The summed E-state index contributed by atoms with van der Waals surface area (Å²) < 4.78 is 0. The number of aryl methyl sites for hydroxylation is 1. The zero-order valence-corrected chi connectivity index (χ0v) is 10.8. The molecule has 2 nitrogen and oxygen atoms in total. The molecule has 2 N–H and O–H groups in total. The van der Waals surface area contributed by atoms with Crippen LogP contribution in [0.4, 0.5) is 0 Å². The van der Waals surface area contributed by atoms with E-state index < -0.39 is 0 Å². The average Bonchev–Trinajstić information content (AvgIpc) is 2.29. The van der Waals surface area contributed by atoms with E-state index in [0.717, 1.165) is 24.4 Å². The molecule has 2 rings (SSSR count). The first-order valence-electron chi connectivity index (χ1n) is 6.63. The van der Waals surface area contributed by atoms with Gasteiger partial charge in [-0.25, -0.2) is 0 Å². The van der Waals surface area contributed by atoms with Crippen molar-refractivity contribution < 1.29 is 5.11 Å². The van der Waals surface area contributed by atoms with Crippen molar-refractivity contribution >= 4 is 0 Å². The molecule has 3 unspecified atom stereocenters. The minimum Gasteiger partial charge on any atom is -0.388 e. The van der Waals surface area contributed by atoms with Crippen molar-refractivity contribution in [2.45, 2.75) is 45.3 Å². The van der Waals surface area contributed by atoms with Gasteiger partial charge in [0.05, 0.1) is 6.10 Å². The molecule has 94 valence electrons. The van der Waals surface area contributed by atoms with Crippen LogP contribution in [0.15, 0.2) is 24.3 Å². The monoisotopic (exact) mass is 233 g/mol. The first-order valence-corrected chi connectivity index (χ1v) is 6.63. The zero-order valence-electron chi connectivity index (χ0n) is 10.8. The van der Waals surface area contributed by atoms with Crippen LogP contribution in [-0.4, -0.2) is 17.7 Å². The van der Waals surface area contributed by atoms with Crippen LogP contribution in [0.1, 0.15) is 43.4 Å². The number of nitrogens with one attached hydrogen (secondary N) is 1. The molecule has 1 aliphatic heterocycles. The Morgan fingerprint density at radius 3 is 3.00 bits per heavy atom. The van der Waals surface area contributed by atoms with Gasteiger partial charge in [-0.05, 0) is 44.2 Å². The summed E-state index contributed by atoms with van der Waals surface area (Å²) in [6, 6.07) is 8.65. The van der Waals surface area contributed by atoms with Gasteiger partial charge in [0.1, 0.15) is 0 Å². The molecule has 1 aliphatic rings. The predicted molar refractivity (Wildman–Crippen MR) is 70.9 cm³/mol. The normalized spacial score (nSPS) is 26.8. The first-order chi connectivity index (χ1) is 8.15. The highest BCUT2D eigenvalue weighted by molar-refractivity contribution is 5.24. The summed E-state index contributed by atoms with van der Waals surface area (Å²) in [4.78, 5) is 0. The van der Waals surface area contributed by atoms with Gasteiger partial charge in [0.15, 0.2) is 0 Å². The van der Waals surface area contributed by atoms with Crippen LogP contribution in [0, 0.1) is 12.8 Å². The molecule has 0 aromatic heterocycles. The van der Waals surface area contributed by atoms with Crippen molar-refractivity contribution in [1.82, 2.24) is 5.32 Å². The van der Waals surface area contributed by atoms with Crippen molar-refractivity contribution in [2.75, 3.05) is 6.54 Å². The van der Waals surface area contributed by atoms with Crippen molar-refractivity contribution in [3.63, 3.8) is 0 Å². The third kappa shape index (κ3) is 3.55. The zero-order chi connectivity index (χ0) is 12.3. The summed E-state index contributed by atoms with van der Waals surface area (Å²) in [5.41, 5.74) is 2.26. The molecule has 0 amide bonds. The molecule has 0 bridgehead atoms. The second kappa shape index (κ2) is 5.65. The van der Waals surface area contributed by atoms with Crippen LogP contribution in [0.3, 0.4) is 0 Å². The van der Waals surface area contributed by atoms with Gasteiger partial charge < -0.3 is 10.4 Å². The van der Waals surface area contributed by atoms with E-state index in [0.29, 0.717) is 6.04 Å². The number of aliphatic hydroxyl groups is 1. The van der Waals surface area contributed by atoms with Crippen LogP contribution in [-0.2, 0) is 0 Å². The Balaban J connectivity index is 1.94. The number of aliphatic hydroxyl groups excluding tert-OH is 1. The van der Waals surface area contributed by atoms with Gasteiger partial charge >= 0.3 is 0 Å².